The number of carbonyl (C=O) groups is 1. The van der Waals surface area contributed by atoms with Crippen LogP contribution in [0.15, 0.2) is 53.4 Å². The fraction of sp³-hybridized carbons (Fsp3) is 0.480. The van der Waals surface area contributed by atoms with E-state index in [9.17, 15) is 13.2 Å². The zero-order chi connectivity index (χ0) is 22.9. The zero-order valence-electron chi connectivity index (χ0n) is 19.2. The van der Waals surface area contributed by atoms with E-state index in [2.05, 4.69) is 31.0 Å². The molecular formula is C25H33N3O3S. The molecule has 7 heteroatoms. The van der Waals surface area contributed by atoms with E-state index in [1.54, 1.807) is 16.4 Å². The third kappa shape index (κ3) is 5.39. The maximum absolute atomic E-state index is 13.1. The van der Waals surface area contributed by atoms with E-state index in [0.717, 1.165) is 30.5 Å². The SMILES string of the molecule is CC(C)(C)c1ccc(S(=O)(=O)N2CCN(Cc3ccc(C(=O)NC4CC4)cc3)CC2)cc1. The van der Waals surface area contributed by atoms with E-state index in [4.69, 9.17) is 0 Å². The Balaban J connectivity index is 1.32. The Bertz CT molecular complexity index is 1050. The van der Waals surface area contributed by atoms with Gasteiger partial charge >= 0.3 is 0 Å². The predicted octanol–water partition coefficient (Wildman–Crippen LogP) is 3.38. The maximum Gasteiger partial charge on any atom is 0.251 e. The van der Waals surface area contributed by atoms with Gasteiger partial charge in [-0.3, -0.25) is 9.69 Å². The molecule has 1 aliphatic carbocycles. The summed E-state index contributed by atoms with van der Waals surface area (Å²) >= 11 is 0. The van der Waals surface area contributed by atoms with Gasteiger partial charge in [-0.2, -0.15) is 4.31 Å². The van der Waals surface area contributed by atoms with Crippen molar-refractivity contribution in [3.63, 3.8) is 0 Å². The first-order valence-corrected chi connectivity index (χ1v) is 12.8. The van der Waals surface area contributed by atoms with Gasteiger partial charge in [-0.1, -0.05) is 45.0 Å². The van der Waals surface area contributed by atoms with E-state index < -0.39 is 10.0 Å². The molecule has 2 aromatic carbocycles. The number of amides is 1. The number of nitrogens with one attached hydrogen (secondary N) is 1. The van der Waals surface area contributed by atoms with Crippen molar-refractivity contribution in [2.75, 3.05) is 26.2 Å². The summed E-state index contributed by atoms with van der Waals surface area (Å²) in [7, 11) is -3.48. The molecule has 0 radical (unpaired) electrons. The van der Waals surface area contributed by atoms with Crippen molar-refractivity contribution in [3.8, 4) is 0 Å². The van der Waals surface area contributed by atoms with E-state index in [-0.39, 0.29) is 11.3 Å². The van der Waals surface area contributed by atoms with Crippen molar-refractivity contribution in [1.82, 2.24) is 14.5 Å². The normalized spacial score (nSPS) is 18.5. The molecule has 0 spiro atoms. The highest BCUT2D eigenvalue weighted by Gasteiger charge is 2.29. The summed E-state index contributed by atoms with van der Waals surface area (Å²) in [6, 6.07) is 15.3. The van der Waals surface area contributed by atoms with Gasteiger partial charge in [0.2, 0.25) is 10.0 Å². The monoisotopic (exact) mass is 455 g/mol. The molecule has 32 heavy (non-hydrogen) atoms. The fourth-order valence-corrected chi connectivity index (χ4v) is 5.34. The van der Waals surface area contributed by atoms with Crippen LogP contribution in [0, 0.1) is 0 Å². The first-order chi connectivity index (χ1) is 15.1. The first kappa shape index (κ1) is 23.0. The summed E-state index contributed by atoms with van der Waals surface area (Å²) < 4.78 is 27.7. The first-order valence-electron chi connectivity index (χ1n) is 11.4. The Hall–Kier alpha value is -2.22. The van der Waals surface area contributed by atoms with Crippen molar-refractivity contribution in [2.24, 2.45) is 0 Å². The topological polar surface area (TPSA) is 69.7 Å². The minimum atomic E-state index is -3.48. The smallest absolute Gasteiger partial charge is 0.251 e. The predicted molar refractivity (Wildman–Crippen MR) is 126 cm³/mol. The minimum absolute atomic E-state index is 0.00611. The lowest BCUT2D eigenvalue weighted by Gasteiger charge is -2.34. The molecule has 1 saturated carbocycles. The number of benzene rings is 2. The van der Waals surface area contributed by atoms with Gasteiger partial charge in [0.05, 0.1) is 4.90 Å². The molecule has 0 atom stereocenters. The van der Waals surface area contributed by atoms with Crippen LogP contribution >= 0.6 is 0 Å². The Kier molecular flexibility index (Phi) is 6.43. The van der Waals surface area contributed by atoms with Crippen molar-refractivity contribution < 1.29 is 13.2 Å². The van der Waals surface area contributed by atoms with Crippen LogP contribution in [0.1, 0.15) is 55.1 Å². The highest BCUT2D eigenvalue weighted by Crippen LogP contribution is 2.25. The molecule has 172 valence electrons. The van der Waals surface area contributed by atoms with Gasteiger partial charge < -0.3 is 5.32 Å². The van der Waals surface area contributed by atoms with Crippen LogP contribution in [-0.2, 0) is 22.0 Å². The van der Waals surface area contributed by atoms with E-state index in [0.29, 0.717) is 42.7 Å². The molecule has 4 rings (SSSR count). The van der Waals surface area contributed by atoms with Crippen LogP contribution in [0.5, 0.6) is 0 Å². The number of rotatable bonds is 6. The molecular weight excluding hydrogens is 422 g/mol. The summed E-state index contributed by atoms with van der Waals surface area (Å²) in [6.07, 6.45) is 2.15. The summed E-state index contributed by atoms with van der Waals surface area (Å²) in [5.41, 5.74) is 2.93. The quantitative estimate of drug-likeness (QED) is 0.725. The molecule has 1 aliphatic heterocycles. The lowest BCUT2D eigenvalue weighted by Crippen LogP contribution is -2.48. The third-order valence-corrected chi connectivity index (χ3v) is 8.14. The highest BCUT2D eigenvalue weighted by atomic mass is 32.2. The van der Waals surface area contributed by atoms with Crippen molar-refractivity contribution >= 4 is 15.9 Å². The van der Waals surface area contributed by atoms with E-state index in [1.807, 2.05) is 36.4 Å². The number of nitrogens with zero attached hydrogens (tertiary/aromatic N) is 2. The Morgan fingerprint density at radius 1 is 0.938 bits per heavy atom. The van der Waals surface area contributed by atoms with E-state index >= 15 is 0 Å². The number of hydrogen-bond donors (Lipinski definition) is 1. The van der Waals surface area contributed by atoms with Crippen molar-refractivity contribution in [3.05, 3.63) is 65.2 Å². The highest BCUT2D eigenvalue weighted by molar-refractivity contribution is 7.89. The average Bonchev–Trinajstić information content (AvgIpc) is 3.58. The molecule has 2 aliphatic rings. The lowest BCUT2D eigenvalue weighted by molar-refractivity contribution is 0.0951. The number of piperazine rings is 1. The minimum Gasteiger partial charge on any atom is -0.349 e. The molecule has 2 fully saturated rings. The second-order valence-corrected chi connectivity index (χ2v) is 11.8. The van der Waals surface area contributed by atoms with Crippen molar-refractivity contribution in [1.29, 1.82) is 0 Å². The van der Waals surface area contributed by atoms with Gasteiger partial charge in [-0.25, -0.2) is 8.42 Å². The third-order valence-electron chi connectivity index (χ3n) is 6.22. The van der Waals surface area contributed by atoms with E-state index in [1.165, 1.54) is 0 Å². The molecule has 1 saturated heterocycles. The standard InChI is InChI=1S/C25H33N3O3S/c1-25(2,3)21-8-12-23(13-9-21)32(30,31)28-16-14-27(15-17-28)18-19-4-6-20(7-5-19)24(29)26-22-10-11-22/h4-9,12-13,22H,10-11,14-18H2,1-3H3,(H,26,29). The molecule has 6 nitrogen and oxygen atoms in total. The molecule has 1 N–H and O–H groups in total. The molecule has 2 aromatic rings. The van der Waals surface area contributed by atoms with Crippen LogP contribution in [0.2, 0.25) is 0 Å². The summed E-state index contributed by atoms with van der Waals surface area (Å²) in [4.78, 5) is 14.7. The van der Waals surface area contributed by atoms with Gasteiger partial charge in [-0.05, 0) is 53.6 Å². The van der Waals surface area contributed by atoms with Gasteiger partial charge in [0.15, 0.2) is 0 Å². The zero-order valence-corrected chi connectivity index (χ0v) is 20.0. The second kappa shape index (κ2) is 8.96. The molecule has 0 aromatic heterocycles. The Labute approximate surface area is 191 Å². The van der Waals surface area contributed by atoms with Crippen molar-refractivity contribution in [2.45, 2.75) is 56.5 Å². The van der Waals surface area contributed by atoms with Gasteiger partial charge in [0, 0.05) is 44.3 Å². The molecule has 0 bridgehead atoms. The Morgan fingerprint density at radius 2 is 1.53 bits per heavy atom. The summed E-state index contributed by atoms with van der Waals surface area (Å²) in [5.74, 6) is -0.00611. The van der Waals surface area contributed by atoms with Crippen LogP contribution in [0.25, 0.3) is 0 Å². The van der Waals surface area contributed by atoms with Crippen LogP contribution in [0.4, 0.5) is 0 Å². The van der Waals surface area contributed by atoms with Gasteiger partial charge in [0.25, 0.3) is 5.91 Å². The molecule has 1 amide bonds. The van der Waals surface area contributed by atoms with Crippen LogP contribution < -0.4 is 5.32 Å². The second-order valence-electron chi connectivity index (χ2n) is 9.90. The molecule has 1 heterocycles. The number of hydrogen-bond acceptors (Lipinski definition) is 4. The lowest BCUT2D eigenvalue weighted by atomic mass is 9.87. The largest absolute Gasteiger partial charge is 0.349 e. The fourth-order valence-electron chi connectivity index (χ4n) is 3.92. The average molecular weight is 456 g/mol. The maximum atomic E-state index is 13.1. The van der Waals surface area contributed by atoms with Gasteiger partial charge in [0.1, 0.15) is 0 Å². The number of sulfonamides is 1. The molecule has 0 unspecified atom stereocenters. The number of carbonyl (C=O) groups excluding carboxylic acids is 1. The van der Waals surface area contributed by atoms with Crippen LogP contribution in [-0.4, -0.2) is 55.8 Å². The summed E-state index contributed by atoms with van der Waals surface area (Å²) in [6.45, 7) is 9.42. The van der Waals surface area contributed by atoms with Gasteiger partial charge in [-0.15, -0.1) is 0 Å². The Morgan fingerprint density at radius 3 is 2.06 bits per heavy atom. The van der Waals surface area contributed by atoms with Crippen LogP contribution in [0.3, 0.4) is 0 Å². The summed E-state index contributed by atoms with van der Waals surface area (Å²) in [5, 5.41) is 3.00.